The van der Waals surface area contributed by atoms with E-state index >= 15 is 4.39 Å². The Morgan fingerprint density at radius 1 is 1.16 bits per heavy atom. The number of pyridine rings is 1. The molecule has 1 fully saturated rings. The molecule has 3 N–H and O–H groups in total. The van der Waals surface area contributed by atoms with Crippen LogP contribution in [0.1, 0.15) is 49.4 Å². The third-order valence-electron chi connectivity index (χ3n) is 6.51. The Hall–Kier alpha value is -4.61. The fourth-order valence-corrected chi connectivity index (χ4v) is 4.40. The van der Waals surface area contributed by atoms with Gasteiger partial charge in [-0.2, -0.15) is 0 Å². The molecule has 1 aliphatic carbocycles. The maximum Gasteiger partial charge on any atom is 0.255 e. The number of fused-ring (bicyclic) bond motifs is 1. The van der Waals surface area contributed by atoms with Gasteiger partial charge >= 0.3 is 0 Å². The number of allylic oxidation sites excluding steroid dienone is 1. The number of hydrogen-bond donors (Lipinski definition) is 3. The minimum Gasteiger partial charge on any atom is -0.494 e. The van der Waals surface area contributed by atoms with Crippen molar-refractivity contribution in [1.29, 1.82) is 5.41 Å². The molecule has 1 saturated carbocycles. The van der Waals surface area contributed by atoms with Crippen molar-refractivity contribution in [2.75, 3.05) is 7.11 Å². The van der Waals surface area contributed by atoms with Crippen LogP contribution in [0.15, 0.2) is 54.3 Å². The van der Waals surface area contributed by atoms with Crippen LogP contribution in [0.2, 0.25) is 0 Å². The number of methoxy groups -OCH3 is 1. The molecule has 196 valence electrons. The van der Waals surface area contributed by atoms with E-state index in [1.807, 2.05) is 16.7 Å². The van der Waals surface area contributed by atoms with Crippen molar-refractivity contribution in [3.8, 4) is 11.4 Å². The van der Waals surface area contributed by atoms with Gasteiger partial charge in [-0.3, -0.25) is 4.79 Å². The van der Waals surface area contributed by atoms with Gasteiger partial charge in [-0.15, -0.1) is 5.10 Å². The molecule has 38 heavy (non-hydrogen) atoms. The number of carbonyl (C=O) groups is 1. The Morgan fingerprint density at radius 3 is 2.66 bits per heavy atom. The molecule has 0 spiro atoms. The lowest BCUT2D eigenvalue weighted by Crippen LogP contribution is -2.31. The Labute approximate surface area is 218 Å². The SMILES string of the molecule is COc1ccc(-n2cnnn2)c(CNC(=O)/C(C(C)=N)=C(\C)NCc2cn3cc(C4CC4)ccc3n2)c1F. The van der Waals surface area contributed by atoms with Gasteiger partial charge in [0, 0.05) is 35.9 Å². The molecule has 0 aliphatic heterocycles. The maximum atomic E-state index is 15.1. The number of hydrogen-bond acceptors (Lipinski definition) is 8. The number of carbonyl (C=O) groups excluding carboxylic acids is 1. The molecule has 12 heteroatoms. The van der Waals surface area contributed by atoms with Crippen LogP contribution in [0, 0.1) is 11.2 Å². The van der Waals surface area contributed by atoms with Crippen molar-refractivity contribution < 1.29 is 13.9 Å². The maximum absolute atomic E-state index is 15.1. The van der Waals surface area contributed by atoms with Gasteiger partial charge < -0.3 is 25.2 Å². The standard InChI is InChI=1S/C26H28FN9O2/c1-15(28)24(16(2)29-10-19-13-35-12-18(17-4-5-17)6-9-23(35)32-19)26(37)30-11-20-21(36-14-31-33-34-36)7-8-22(38-3)25(20)27/h6-9,12-14,17,28-29H,4-5,10-11H2,1-3H3,(H,30,37)/b24-16+,28-15?. The molecule has 1 aliphatic rings. The molecule has 0 unspecified atom stereocenters. The van der Waals surface area contributed by atoms with Gasteiger partial charge in [-0.1, -0.05) is 6.07 Å². The van der Waals surface area contributed by atoms with Crippen LogP contribution in [0.5, 0.6) is 5.75 Å². The summed E-state index contributed by atoms with van der Waals surface area (Å²) in [7, 11) is 1.36. The molecule has 0 bridgehead atoms. The smallest absolute Gasteiger partial charge is 0.255 e. The summed E-state index contributed by atoms with van der Waals surface area (Å²) in [6.07, 6.45) is 7.88. The van der Waals surface area contributed by atoms with E-state index < -0.39 is 11.7 Å². The van der Waals surface area contributed by atoms with E-state index in [0.717, 1.165) is 11.3 Å². The van der Waals surface area contributed by atoms with Crippen molar-refractivity contribution in [3.05, 3.63) is 76.9 Å². The molecule has 3 aromatic heterocycles. The molecule has 1 aromatic carbocycles. The molecule has 1 amide bonds. The van der Waals surface area contributed by atoms with Crippen LogP contribution in [-0.4, -0.2) is 48.3 Å². The van der Waals surface area contributed by atoms with Gasteiger partial charge in [0.15, 0.2) is 11.6 Å². The van der Waals surface area contributed by atoms with E-state index in [1.54, 1.807) is 13.0 Å². The van der Waals surface area contributed by atoms with E-state index in [9.17, 15) is 4.79 Å². The number of ether oxygens (including phenoxy) is 1. The molecular formula is C26H28FN9O2. The minimum atomic E-state index is -0.635. The predicted octanol–water partition coefficient (Wildman–Crippen LogP) is 3.05. The van der Waals surface area contributed by atoms with E-state index in [2.05, 4.69) is 43.4 Å². The van der Waals surface area contributed by atoms with Crippen molar-refractivity contribution in [3.63, 3.8) is 0 Å². The van der Waals surface area contributed by atoms with Gasteiger partial charge in [-0.05, 0) is 66.8 Å². The third kappa shape index (κ3) is 5.10. The summed E-state index contributed by atoms with van der Waals surface area (Å²) in [6.45, 7) is 3.47. The number of rotatable bonds is 10. The summed E-state index contributed by atoms with van der Waals surface area (Å²) in [5, 5.41) is 25.1. The molecule has 3 heterocycles. The van der Waals surface area contributed by atoms with Crippen LogP contribution < -0.4 is 15.4 Å². The number of nitrogens with one attached hydrogen (secondary N) is 3. The van der Waals surface area contributed by atoms with Gasteiger partial charge in [-0.25, -0.2) is 14.1 Å². The average molecular weight is 518 g/mol. The van der Waals surface area contributed by atoms with Crippen LogP contribution >= 0.6 is 0 Å². The van der Waals surface area contributed by atoms with E-state index in [0.29, 0.717) is 23.8 Å². The Balaban J connectivity index is 1.32. The topological polar surface area (TPSA) is 135 Å². The highest BCUT2D eigenvalue weighted by molar-refractivity contribution is 6.20. The van der Waals surface area contributed by atoms with Crippen LogP contribution in [0.25, 0.3) is 11.3 Å². The number of nitrogens with zero attached hydrogens (tertiary/aromatic N) is 6. The molecule has 5 rings (SSSR count). The van der Waals surface area contributed by atoms with Crippen molar-refractivity contribution in [2.45, 2.75) is 45.7 Å². The molecule has 11 nitrogen and oxygen atoms in total. The van der Waals surface area contributed by atoms with E-state index in [1.165, 1.54) is 49.5 Å². The second-order valence-electron chi connectivity index (χ2n) is 9.23. The summed E-state index contributed by atoms with van der Waals surface area (Å²) in [4.78, 5) is 17.8. The highest BCUT2D eigenvalue weighted by Gasteiger charge is 2.24. The minimum absolute atomic E-state index is 0.0274. The highest BCUT2D eigenvalue weighted by atomic mass is 19.1. The number of amides is 1. The number of benzene rings is 1. The molecule has 0 saturated heterocycles. The second-order valence-corrected chi connectivity index (χ2v) is 9.23. The summed E-state index contributed by atoms with van der Waals surface area (Å²) in [5.74, 6) is -0.472. The zero-order valence-corrected chi connectivity index (χ0v) is 21.3. The lowest BCUT2D eigenvalue weighted by atomic mass is 10.1. The zero-order chi connectivity index (χ0) is 26.8. The van der Waals surface area contributed by atoms with Gasteiger partial charge in [0.2, 0.25) is 0 Å². The van der Waals surface area contributed by atoms with Crippen LogP contribution in [0.3, 0.4) is 0 Å². The molecule has 4 aromatic rings. The Kier molecular flexibility index (Phi) is 6.86. The lowest BCUT2D eigenvalue weighted by Gasteiger charge is -2.16. The molecular weight excluding hydrogens is 489 g/mol. The van der Waals surface area contributed by atoms with Crippen molar-refractivity contribution >= 4 is 17.3 Å². The van der Waals surface area contributed by atoms with Gasteiger partial charge in [0.1, 0.15) is 12.0 Å². The number of halogens is 1. The Morgan fingerprint density at radius 2 is 1.97 bits per heavy atom. The zero-order valence-electron chi connectivity index (χ0n) is 21.3. The number of tetrazole rings is 1. The number of aromatic nitrogens is 6. The monoisotopic (exact) mass is 517 g/mol. The fraction of sp³-hybridized carbons (Fsp3) is 0.308. The van der Waals surface area contributed by atoms with Crippen molar-refractivity contribution in [1.82, 2.24) is 40.2 Å². The first-order chi connectivity index (χ1) is 18.4. The highest BCUT2D eigenvalue weighted by Crippen LogP contribution is 2.39. The second kappa shape index (κ2) is 10.4. The molecule has 0 atom stereocenters. The van der Waals surface area contributed by atoms with E-state index in [4.69, 9.17) is 10.1 Å². The summed E-state index contributed by atoms with van der Waals surface area (Å²) >= 11 is 0. The van der Waals surface area contributed by atoms with Gasteiger partial charge in [0.25, 0.3) is 5.91 Å². The largest absolute Gasteiger partial charge is 0.494 e. The first kappa shape index (κ1) is 25.1. The number of imidazole rings is 1. The van der Waals surface area contributed by atoms with Gasteiger partial charge in [0.05, 0.1) is 30.6 Å². The summed E-state index contributed by atoms with van der Waals surface area (Å²) in [6, 6.07) is 7.21. The summed E-state index contributed by atoms with van der Waals surface area (Å²) < 4.78 is 23.5. The average Bonchev–Trinajstić information content (AvgIpc) is 3.44. The first-order valence-electron chi connectivity index (χ1n) is 12.2. The predicted molar refractivity (Wildman–Crippen MR) is 138 cm³/mol. The quantitative estimate of drug-likeness (QED) is 0.217. The fourth-order valence-electron chi connectivity index (χ4n) is 4.40. The normalized spacial score (nSPS) is 13.8. The first-order valence-corrected chi connectivity index (χ1v) is 12.2. The Bertz CT molecular complexity index is 1540. The van der Waals surface area contributed by atoms with Crippen LogP contribution in [-0.2, 0) is 17.9 Å². The van der Waals surface area contributed by atoms with Crippen LogP contribution in [0.4, 0.5) is 4.39 Å². The molecule has 0 radical (unpaired) electrons. The lowest BCUT2D eigenvalue weighted by molar-refractivity contribution is -0.117. The third-order valence-corrected chi connectivity index (χ3v) is 6.51. The van der Waals surface area contributed by atoms with E-state index in [-0.39, 0.29) is 29.1 Å². The summed E-state index contributed by atoms with van der Waals surface area (Å²) in [5.41, 5.74) is 4.24. The van der Waals surface area contributed by atoms with Crippen molar-refractivity contribution in [2.24, 2.45) is 0 Å².